The van der Waals surface area contributed by atoms with Gasteiger partial charge in [-0.3, -0.25) is 19.7 Å². The molecular formula is C35H46N6O6. The number of hydrogen-bond donors (Lipinski definition) is 4. The van der Waals surface area contributed by atoms with Crippen LogP contribution < -0.4 is 16.4 Å². The van der Waals surface area contributed by atoms with E-state index in [2.05, 4.69) is 25.5 Å². The molecule has 4 heterocycles. The first kappa shape index (κ1) is 34.4. The van der Waals surface area contributed by atoms with Gasteiger partial charge in [0.25, 0.3) is 5.91 Å². The number of fused-ring (bicyclic) bond motifs is 1. The fourth-order valence-electron chi connectivity index (χ4n) is 5.68. The Morgan fingerprint density at radius 3 is 2.32 bits per heavy atom. The maximum absolute atomic E-state index is 13.2. The van der Waals surface area contributed by atoms with E-state index in [-0.39, 0.29) is 5.91 Å². The van der Waals surface area contributed by atoms with Crippen LogP contribution in [0.1, 0.15) is 51.1 Å². The van der Waals surface area contributed by atoms with Gasteiger partial charge in [0.1, 0.15) is 6.10 Å². The van der Waals surface area contributed by atoms with E-state index in [9.17, 15) is 9.90 Å². The quantitative estimate of drug-likeness (QED) is 0.191. The summed E-state index contributed by atoms with van der Waals surface area (Å²) in [6.07, 6.45) is 3.64. The number of aliphatic hydroxyl groups is 1. The molecule has 0 spiro atoms. The van der Waals surface area contributed by atoms with E-state index in [4.69, 9.17) is 24.7 Å². The highest BCUT2D eigenvalue weighted by molar-refractivity contribution is 5.81. The second-order valence-corrected chi connectivity index (χ2v) is 12.8. The number of amides is 1. The second kappa shape index (κ2) is 15.3. The zero-order chi connectivity index (χ0) is 33.4. The van der Waals surface area contributed by atoms with Crippen molar-refractivity contribution in [2.24, 2.45) is 5.73 Å². The molecule has 0 saturated carbocycles. The number of carbonyl (C=O) groups is 1. The molecule has 252 valence electrons. The van der Waals surface area contributed by atoms with Crippen LogP contribution in [-0.2, 0) is 43.3 Å². The predicted molar refractivity (Wildman–Crippen MR) is 176 cm³/mol. The third kappa shape index (κ3) is 10.5. The Kier molecular flexibility index (Phi) is 11.2. The van der Waals surface area contributed by atoms with Crippen molar-refractivity contribution in [1.82, 2.24) is 20.2 Å². The molecule has 12 heteroatoms. The minimum absolute atomic E-state index is 0.315. The highest BCUT2D eigenvalue weighted by atomic mass is 16.8. The average molecular weight is 647 g/mol. The Morgan fingerprint density at radius 1 is 1.06 bits per heavy atom. The van der Waals surface area contributed by atoms with Crippen LogP contribution >= 0.6 is 0 Å². The SMILES string of the molecule is CC(C)(O)O[C@@H]1C[C@H]2OC(C)(C)O[C@H]2C(C(=O)NCCc2ccc(N/C=C(\N)CN(Cc3ccccn3)Cc3ccccn3)cc2)O1. The first-order valence-electron chi connectivity index (χ1n) is 15.9. The molecule has 3 aromatic rings. The van der Waals surface area contributed by atoms with Gasteiger partial charge in [-0.15, -0.1) is 0 Å². The zero-order valence-electron chi connectivity index (χ0n) is 27.5. The molecule has 0 aliphatic carbocycles. The molecule has 2 saturated heterocycles. The van der Waals surface area contributed by atoms with Crippen molar-refractivity contribution in [2.45, 2.75) is 89.8 Å². The van der Waals surface area contributed by atoms with Crippen LogP contribution in [0.4, 0.5) is 5.69 Å². The summed E-state index contributed by atoms with van der Waals surface area (Å²) in [5.41, 5.74) is 11.0. The number of hydrogen-bond acceptors (Lipinski definition) is 11. The van der Waals surface area contributed by atoms with Crippen LogP contribution in [0.25, 0.3) is 0 Å². The summed E-state index contributed by atoms with van der Waals surface area (Å²) in [6.45, 7) is 8.85. The number of anilines is 1. The summed E-state index contributed by atoms with van der Waals surface area (Å²) in [6, 6.07) is 19.7. The van der Waals surface area contributed by atoms with Gasteiger partial charge in [-0.25, -0.2) is 0 Å². The Labute approximate surface area is 276 Å². The van der Waals surface area contributed by atoms with Crippen LogP contribution in [0, 0.1) is 0 Å². The summed E-state index contributed by atoms with van der Waals surface area (Å²) in [7, 11) is 0. The van der Waals surface area contributed by atoms with Crippen molar-refractivity contribution in [3.63, 3.8) is 0 Å². The normalized spacial score (nSPS) is 22.6. The minimum atomic E-state index is -1.42. The zero-order valence-corrected chi connectivity index (χ0v) is 27.5. The summed E-state index contributed by atoms with van der Waals surface area (Å²) < 4.78 is 23.6. The maximum atomic E-state index is 13.2. The molecule has 47 heavy (non-hydrogen) atoms. The molecule has 1 unspecified atom stereocenters. The monoisotopic (exact) mass is 646 g/mol. The number of aromatic nitrogens is 2. The molecule has 1 amide bonds. The molecule has 5 N–H and O–H groups in total. The van der Waals surface area contributed by atoms with Crippen molar-refractivity contribution in [3.8, 4) is 0 Å². The molecule has 2 aromatic heterocycles. The van der Waals surface area contributed by atoms with Crippen molar-refractivity contribution >= 4 is 11.6 Å². The largest absolute Gasteiger partial charge is 0.400 e. The van der Waals surface area contributed by atoms with Crippen molar-refractivity contribution < 1.29 is 28.8 Å². The number of nitrogens with zero attached hydrogens (tertiary/aromatic N) is 3. The summed E-state index contributed by atoms with van der Waals surface area (Å²) >= 11 is 0. The lowest BCUT2D eigenvalue weighted by molar-refractivity contribution is -0.307. The van der Waals surface area contributed by atoms with Crippen molar-refractivity contribution in [1.29, 1.82) is 0 Å². The Balaban J connectivity index is 1.11. The molecule has 0 bridgehead atoms. The molecule has 12 nitrogen and oxygen atoms in total. The predicted octanol–water partition coefficient (Wildman–Crippen LogP) is 3.43. The van der Waals surface area contributed by atoms with E-state index in [1.807, 2.05) is 66.9 Å². The van der Waals surface area contributed by atoms with Crippen LogP contribution in [0.15, 0.2) is 85.0 Å². The van der Waals surface area contributed by atoms with E-state index in [1.165, 1.54) is 13.8 Å². The van der Waals surface area contributed by atoms with Gasteiger partial charge < -0.3 is 40.4 Å². The van der Waals surface area contributed by atoms with E-state index in [0.29, 0.717) is 44.7 Å². The molecule has 2 aliphatic heterocycles. The van der Waals surface area contributed by atoms with Crippen molar-refractivity contribution in [2.75, 3.05) is 18.4 Å². The van der Waals surface area contributed by atoms with Gasteiger partial charge in [-0.1, -0.05) is 24.3 Å². The number of nitrogens with two attached hydrogens (primary N) is 1. The van der Waals surface area contributed by atoms with Crippen LogP contribution in [-0.4, -0.2) is 75.1 Å². The summed E-state index contributed by atoms with van der Waals surface area (Å²) in [5.74, 6) is -2.59. The summed E-state index contributed by atoms with van der Waals surface area (Å²) in [5, 5.41) is 16.4. The number of pyridine rings is 2. The fraction of sp³-hybridized carbons (Fsp3) is 0.457. The van der Waals surface area contributed by atoms with Crippen LogP contribution in [0.3, 0.4) is 0 Å². The maximum Gasteiger partial charge on any atom is 0.252 e. The lowest BCUT2D eigenvalue weighted by Gasteiger charge is -2.37. The van der Waals surface area contributed by atoms with Crippen LogP contribution in [0.5, 0.6) is 0 Å². The molecular weight excluding hydrogens is 600 g/mol. The molecule has 1 aromatic carbocycles. The lowest BCUT2D eigenvalue weighted by Crippen LogP contribution is -2.55. The Morgan fingerprint density at radius 2 is 1.72 bits per heavy atom. The van der Waals surface area contributed by atoms with Gasteiger partial charge in [-0.05, 0) is 76.1 Å². The van der Waals surface area contributed by atoms with Crippen molar-refractivity contribution in [3.05, 3.63) is 102 Å². The van der Waals surface area contributed by atoms with Gasteiger partial charge in [0.15, 0.2) is 24.0 Å². The fourth-order valence-corrected chi connectivity index (χ4v) is 5.68. The van der Waals surface area contributed by atoms with Gasteiger partial charge in [-0.2, -0.15) is 0 Å². The third-order valence-corrected chi connectivity index (χ3v) is 7.64. The third-order valence-electron chi connectivity index (χ3n) is 7.64. The van der Waals surface area contributed by atoms with Gasteiger partial charge in [0.2, 0.25) is 0 Å². The summed E-state index contributed by atoms with van der Waals surface area (Å²) in [4.78, 5) is 24.3. The number of rotatable bonds is 14. The number of benzene rings is 1. The van der Waals surface area contributed by atoms with Gasteiger partial charge >= 0.3 is 0 Å². The first-order chi connectivity index (χ1) is 22.4. The molecule has 5 rings (SSSR count). The topological polar surface area (TPSA) is 153 Å². The first-order valence-corrected chi connectivity index (χ1v) is 15.9. The molecule has 4 atom stereocenters. The average Bonchev–Trinajstić information content (AvgIpc) is 3.34. The lowest BCUT2D eigenvalue weighted by atomic mass is 10.0. The van der Waals surface area contributed by atoms with E-state index >= 15 is 0 Å². The number of nitrogens with one attached hydrogen (secondary N) is 2. The highest BCUT2D eigenvalue weighted by Crippen LogP contribution is 2.38. The van der Waals surface area contributed by atoms with E-state index in [1.54, 1.807) is 26.2 Å². The molecule has 2 fully saturated rings. The highest BCUT2D eigenvalue weighted by Gasteiger charge is 2.53. The smallest absolute Gasteiger partial charge is 0.252 e. The minimum Gasteiger partial charge on any atom is -0.400 e. The standard InChI is InChI=1S/C35H46N6O6/c1-34(2,43)46-30-19-29-31(47-35(3,4)45-29)32(44-30)33(42)39-18-15-24-11-13-26(14-12-24)40-20-25(36)21-41(22-27-9-5-7-16-37-27)23-28-10-6-8-17-38-28/h5-14,16-17,20,29-32,40,43H,15,18-19,21-23,36H2,1-4H3,(H,39,42)/b25-20-/t29-,30-,31-,32?/m1/s1. The molecule has 0 radical (unpaired) electrons. The van der Waals surface area contributed by atoms with E-state index < -0.39 is 36.2 Å². The van der Waals surface area contributed by atoms with Gasteiger partial charge in [0.05, 0.1) is 17.5 Å². The van der Waals surface area contributed by atoms with Gasteiger partial charge in [0, 0.05) is 62.6 Å². The number of ether oxygens (including phenoxy) is 4. The second-order valence-electron chi connectivity index (χ2n) is 12.8. The number of carbonyl (C=O) groups excluding carboxylic acids is 1. The molecule has 2 aliphatic rings. The Bertz CT molecular complexity index is 1420. The Hall–Kier alpha value is -3.91. The van der Waals surface area contributed by atoms with Crippen LogP contribution in [0.2, 0.25) is 0 Å². The van der Waals surface area contributed by atoms with E-state index in [0.717, 1.165) is 22.6 Å².